The molecular weight excluding hydrogens is 1110 g/mol. The van der Waals surface area contributed by atoms with Gasteiger partial charge in [-0.3, -0.25) is 9.59 Å². The molecule has 2 saturated heterocycles. The topological polar surface area (TPSA) is 420 Å². The molecule has 0 bridgehead atoms. The summed E-state index contributed by atoms with van der Waals surface area (Å²) in [6.45, 7) is 10.2. The van der Waals surface area contributed by atoms with Crippen molar-refractivity contribution < 1.29 is 87.7 Å². The Hall–Kier alpha value is -4.99. The highest BCUT2D eigenvalue weighted by Gasteiger charge is 2.54. The molecule has 19 N–H and O–H groups in total. The van der Waals surface area contributed by atoms with Crippen LogP contribution in [0.15, 0.2) is 84.3 Å². The Morgan fingerprint density at radius 1 is 0.588 bits per heavy atom. The van der Waals surface area contributed by atoms with Crippen molar-refractivity contribution in [1.29, 1.82) is 0 Å². The molecule has 0 spiro atoms. The zero-order valence-electron chi connectivity index (χ0n) is 49.5. The van der Waals surface area contributed by atoms with E-state index >= 15 is 0 Å². The van der Waals surface area contributed by atoms with Crippen LogP contribution in [0.3, 0.4) is 0 Å². The lowest BCUT2D eigenvalue weighted by Gasteiger charge is -2.49. The van der Waals surface area contributed by atoms with E-state index in [4.69, 9.17) is 65.6 Å². The molecule has 0 radical (unpaired) electrons. The molecule has 0 unspecified atom stereocenters. The summed E-state index contributed by atoms with van der Waals surface area (Å²) in [6, 6.07) is 12.3. The highest BCUT2D eigenvalue weighted by atomic mass is 16.7. The van der Waals surface area contributed by atoms with Crippen LogP contribution in [-0.4, -0.2) is 222 Å². The predicted octanol–water partition coefficient (Wildman–Crippen LogP) is -1.89. The quantitative estimate of drug-likeness (QED) is 0.0824. The van der Waals surface area contributed by atoms with Crippen LogP contribution >= 0.6 is 0 Å². The van der Waals surface area contributed by atoms with E-state index in [1.807, 2.05) is 6.92 Å². The SMILES string of the molecule is CN[C@@H]1[C@@H](O)[C@@H](O[C@@H]2[C@@H](O)[C@H](O[C@H]3OC(CN)=CC[C@H]3N)[C@@H](N)C[C@H]2NC(=O)c2ccccc2)OC[C@]1(C)O.CN[C@@H]1[C@@H](O)[C@@H](O[C@@H]2[C@@H](O)[C@H](O[C@H]3OC(CN)=CC[C@H]3NC(=O)OC(C)(C)C)[C@@H](C)C[C@H]2NC(=O)c2ccccc2)OC[C@]1(C)O. The number of likely N-dealkylation sites (N-methyl/N-ethyl adjacent to an activating group) is 2. The highest BCUT2D eigenvalue weighted by Crippen LogP contribution is 2.37. The molecule has 4 aliphatic heterocycles. The Morgan fingerprint density at radius 2 is 1.02 bits per heavy atom. The zero-order chi connectivity index (χ0) is 62.1. The van der Waals surface area contributed by atoms with Gasteiger partial charge in [0, 0.05) is 17.2 Å². The first-order valence-electron chi connectivity index (χ1n) is 28.9. The minimum Gasteiger partial charge on any atom is -0.467 e. The van der Waals surface area contributed by atoms with Crippen molar-refractivity contribution in [3.8, 4) is 0 Å². The summed E-state index contributed by atoms with van der Waals surface area (Å²) in [6.07, 6.45) is -9.65. The predicted molar refractivity (Wildman–Crippen MR) is 306 cm³/mol. The Labute approximate surface area is 495 Å². The number of alkyl carbamates (subject to hydrolysis) is 1. The Balaban J connectivity index is 0.000000247. The lowest BCUT2D eigenvalue weighted by atomic mass is 9.79. The second-order valence-corrected chi connectivity index (χ2v) is 24.1. The monoisotopic (exact) mass is 1200 g/mol. The van der Waals surface area contributed by atoms with E-state index in [1.165, 1.54) is 13.8 Å². The van der Waals surface area contributed by atoms with E-state index in [0.29, 0.717) is 41.9 Å². The first kappa shape index (κ1) is 67.5. The minimum atomic E-state index is -1.39. The van der Waals surface area contributed by atoms with Crippen LogP contribution in [0.1, 0.15) is 87.9 Å². The third-order valence-electron chi connectivity index (χ3n) is 16.0. The van der Waals surface area contributed by atoms with E-state index in [1.54, 1.807) is 108 Å². The van der Waals surface area contributed by atoms with Gasteiger partial charge in [0.2, 0.25) is 12.6 Å². The summed E-state index contributed by atoms with van der Waals surface area (Å²) >= 11 is 0. The average Bonchev–Trinajstić information content (AvgIpc) is 1.19. The molecule has 2 aliphatic carbocycles. The van der Waals surface area contributed by atoms with E-state index in [-0.39, 0.29) is 50.5 Å². The molecule has 476 valence electrons. The minimum absolute atomic E-state index is 0.106. The van der Waals surface area contributed by atoms with E-state index in [2.05, 4.69) is 26.6 Å². The fourth-order valence-electron chi connectivity index (χ4n) is 11.5. The van der Waals surface area contributed by atoms with Gasteiger partial charge >= 0.3 is 6.09 Å². The molecule has 27 heteroatoms. The van der Waals surface area contributed by atoms with Crippen LogP contribution in [0, 0.1) is 5.92 Å². The number of carbonyl (C=O) groups excluding carboxylic acids is 3. The van der Waals surface area contributed by atoms with Crippen molar-refractivity contribution >= 4 is 17.9 Å². The van der Waals surface area contributed by atoms with Crippen molar-refractivity contribution in [3.05, 3.63) is 95.5 Å². The van der Waals surface area contributed by atoms with Gasteiger partial charge in [0.25, 0.3) is 11.8 Å². The number of rotatable bonds is 17. The summed E-state index contributed by atoms with van der Waals surface area (Å²) in [7, 11) is 3.20. The van der Waals surface area contributed by atoms with Crippen molar-refractivity contribution in [1.82, 2.24) is 26.6 Å². The first-order chi connectivity index (χ1) is 40.2. The molecule has 0 aromatic heterocycles. The average molecular weight is 1200 g/mol. The second-order valence-electron chi connectivity index (χ2n) is 24.1. The first-order valence-corrected chi connectivity index (χ1v) is 28.9. The molecule has 2 aromatic rings. The number of aliphatic hydroxyl groups is 6. The van der Waals surface area contributed by atoms with Crippen LogP contribution in [0.5, 0.6) is 0 Å². The summed E-state index contributed by atoms with van der Waals surface area (Å²) in [5, 5.41) is 81.2. The number of nitrogens with one attached hydrogen (secondary N) is 5. The fraction of sp³-hybridized carbons (Fsp3) is 0.672. The molecule has 27 nitrogen and oxygen atoms in total. The van der Waals surface area contributed by atoms with Crippen LogP contribution < -0.4 is 49.5 Å². The van der Waals surface area contributed by atoms with Gasteiger partial charge in [-0.2, -0.15) is 0 Å². The molecule has 6 aliphatic rings. The van der Waals surface area contributed by atoms with Crippen molar-refractivity contribution in [2.45, 2.75) is 200 Å². The van der Waals surface area contributed by atoms with Crippen LogP contribution in [0.4, 0.5) is 4.79 Å². The normalized spacial score (nSPS) is 38.6. The molecule has 2 aromatic carbocycles. The van der Waals surface area contributed by atoms with Crippen molar-refractivity contribution in [3.63, 3.8) is 0 Å². The van der Waals surface area contributed by atoms with E-state index < -0.39 is 139 Å². The Kier molecular flexibility index (Phi) is 23.3. The summed E-state index contributed by atoms with van der Waals surface area (Å²) in [5.41, 5.74) is 21.6. The number of nitrogens with two attached hydrogens (primary N) is 4. The number of amides is 3. The Morgan fingerprint density at radius 3 is 1.49 bits per heavy atom. The fourth-order valence-corrected chi connectivity index (χ4v) is 11.5. The molecular formula is C58H91N9O18. The van der Waals surface area contributed by atoms with Gasteiger partial charge in [-0.25, -0.2) is 4.79 Å². The maximum atomic E-state index is 13.2. The van der Waals surface area contributed by atoms with Crippen LogP contribution in [-0.2, 0) is 42.6 Å². The number of ether oxygens (including phenoxy) is 9. The third-order valence-corrected chi connectivity index (χ3v) is 16.0. The maximum absolute atomic E-state index is 13.2. The lowest BCUT2D eigenvalue weighted by Crippen LogP contribution is -2.69. The van der Waals surface area contributed by atoms with Crippen molar-refractivity contribution in [2.75, 3.05) is 40.4 Å². The summed E-state index contributed by atoms with van der Waals surface area (Å²) in [4.78, 5) is 38.9. The van der Waals surface area contributed by atoms with Crippen LogP contribution in [0.25, 0.3) is 0 Å². The van der Waals surface area contributed by atoms with E-state index in [0.717, 1.165) is 0 Å². The number of hydrogen-bond donors (Lipinski definition) is 15. The largest absolute Gasteiger partial charge is 0.467 e. The molecule has 4 heterocycles. The molecule has 3 amide bonds. The second kappa shape index (κ2) is 29.3. The Bertz CT molecular complexity index is 2550. The number of benzene rings is 2. The number of hydrogen-bond acceptors (Lipinski definition) is 24. The molecule has 85 heavy (non-hydrogen) atoms. The summed E-state index contributed by atoms with van der Waals surface area (Å²) in [5.74, 6) is -0.101. The highest BCUT2D eigenvalue weighted by molar-refractivity contribution is 5.95. The molecule has 22 atom stereocenters. The van der Waals surface area contributed by atoms with Gasteiger partial charge in [0.15, 0.2) is 12.6 Å². The van der Waals surface area contributed by atoms with Gasteiger partial charge in [-0.05, 0) is 117 Å². The number of aliphatic hydroxyl groups excluding tert-OH is 4. The van der Waals surface area contributed by atoms with Gasteiger partial charge in [-0.1, -0.05) is 43.3 Å². The van der Waals surface area contributed by atoms with Crippen molar-refractivity contribution in [2.24, 2.45) is 28.9 Å². The van der Waals surface area contributed by atoms with Gasteiger partial charge in [0.1, 0.15) is 71.0 Å². The maximum Gasteiger partial charge on any atom is 0.408 e. The standard InChI is InChI=1S/C32H50N4O10.C26H41N5O8/c1-17-14-21(35-27(39)18-10-8-7-9-11-18)25(45-29-23(38)26(34-6)32(5,41)16-42-29)22(37)24(17)44-28-20(13-12-19(15-33)43-28)36-30(40)46-31(2,3)4;1-26(35)12-36-25(19(33)22(26)30-2)39-21-17(31-23(34)13-6-4-3-5-7-13)10-16(29)20(18(21)32)38-24-15(28)9-8-14(11-27)37-24/h7-12,17,20-26,28-29,34,37-38,41H,13-16,33H2,1-6H3,(H,35,39)(H,36,40);3-8,15-22,24-25,30,32-33,35H,9-12,27-29H2,1-2H3,(H,31,34)/t17-,20+,21+,22-,23+,24+,25-,26+,28+,29+,32-;15-,16+,17-,18+,19-,20-,21+,22-,24-,25-,26+/m01/s1. The third kappa shape index (κ3) is 17.0. The van der Waals surface area contributed by atoms with Gasteiger partial charge in [-0.15, -0.1) is 0 Å². The molecule has 8 rings (SSSR count). The molecule has 4 fully saturated rings. The molecule has 2 saturated carbocycles. The van der Waals surface area contributed by atoms with Gasteiger partial charge < -0.3 is 123 Å². The number of carbonyl (C=O) groups is 3. The lowest BCUT2D eigenvalue weighted by molar-refractivity contribution is -0.306. The van der Waals surface area contributed by atoms with Gasteiger partial charge in [0.05, 0.1) is 68.7 Å². The summed E-state index contributed by atoms with van der Waals surface area (Å²) < 4.78 is 53.5. The van der Waals surface area contributed by atoms with E-state index in [9.17, 15) is 45.0 Å². The smallest absolute Gasteiger partial charge is 0.408 e. The van der Waals surface area contributed by atoms with Crippen LogP contribution in [0.2, 0.25) is 0 Å². The zero-order valence-corrected chi connectivity index (χ0v) is 49.5.